The molecular weight excluding hydrogens is 376 g/mol. The molecule has 0 saturated heterocycles. The van der Waals surface area contributed by atoms with E-state index >= 15 is 0 Å². The van der Waals surface area contributed by atoms with E-state index in [4.69, 9.17) is 5.11 Å². The summed E-state index contributed by atoms with van der Waals surface area (Å²) >= 11 is 0. The molecular formula is C16H18F8O2. The van der Waals surface area contributed by atoms with Crippen molar-refractivity contribution in [3.63, 3.8) is 0 Å². The van der Waals surface area contributed by atoms with E-state index in [-0.39, 0.29) is 30.6 Å². The number of aliphatic carboxylic acids is 1. The minimum atomic E-state index is -6.72. The summed E-state index contributed by atoms with van der Waals surface area (Å²) in [5.41, 5.74) is 0. The summed E-state index contributed by atoms with van der Waals surface area (Å²) in [6, 6.07) is 0. The molecule has 4 bridgehead atoms. The number of carbonyl (C=O) groups is 1. The lowest BCUT2D eigenvalue weighted by Gasteiger charge is -2.42. The van der Waals surface area contributed by atoms with Gasteiger partial charge in [-0.1, -0.05) is 0 Å². The number of alkyl halides is 8. The Morgan fingerprint density at radius 3 is 1.54 bits per heavy atom. The van der Waals surface area contributed by atoms with Crippen LogP contribution in [0.3, 0.4) is 0 Å². The van der Waals surface area contributed by atoms with Crippen LogP contribution in [0, 0.1) is 29.6 Å². The van der Waals surface area contributed by atoms with Crippen LogP contribution in [0.1, 0.15) is 38.5 Å². The number of carboxylic acid groups (broad SMARTS) is 1. The third-order valence-electron chi connectivity index (χ3n) is 6.37. The fourth-order valence-corrected chi connectivity index (χ4v) is 5.33. The topological polar surface area (TPSA) is 37.3 Å². The maximum atomic E-state index is 14.6. The van der Waals surface area contributed by atoms with Gasteiger partial charge in [0, 0.05) is 5.92 Å². The molecule has 0 spiro atoms. The Morgan fingerprint density at radius 1 is 0.692 bits per heavy atom. The minimum absolute atomic E-state index is 0.0629. The first-order chi connectivity index (χ1) is 11.7. The highest BCUT2D eigenvalue weighted by Gasteiger charge is 2.84. The third kappa shape index (κ3) is 2.53. The maximum Gasteiger partial charge on any atom is 0.410 e. The average molecular weight is 394 g/mol. The molecule has 2 unspecified atom stereocenters. The SMILES string of the molecule is O=C(O)C(F)(F)C(F)(F)C(F)(F)C(F)(F)[C@@H]1CC2CC3CC(C2)CC1C3. The van der Waals surface area contributed by atoms with Gasteiger partial charge in [0.25, 0.3) is 0 Å². The van der Waals surface area contributed by atoms with E-state index in [0.717, 1.165) is 6.42 Å². The molecule has 0 aliphatic heterocycles. The monoisotopic (exact) mass is 394 g/mol. The van der Waals surface area contributed by atoms with Crippen LogP contribution < -0.4 is 0 Å². The second-order valence-corrected chi connectivity index (χ2v) is 8.03. The molecule has 4 rings (SSSR count). The van der Waals surface area contributed by atoms with Gasteiger partial charge in [0.1, 0.15) is 0 Å². The first-order valence-corrected chi connectivity index (χ1v) is 8.46. The lowest BCUT2D eigenvalue weighted by molar-refractivity contribution is -0.372. The summed E-state index contributed by atoms with van der Waals surface area (Å²) in [5.74, 6) is -31.9. The Labute approximate surface area is 143 Å². The van der Waals surface area contributed by atoms with Gasteiger partial charge >= 0.3 is 29.7 Å². The van der Waals surface area contributed by atoms with Crippen molar-refractivity contribution in [1.29, 1.82) is 0 Å². The van der Waals surface area contributed by atoms with Crippen LogP contribution in [0.25, 0.3) is 0 Å². The molecule has 150 valence electrons. The zero-order valence-electron chi connectivity index (χ0n) is 13.5. The maximum absolute atomic E-state index is 14.6. The molecule has 0 aromatic heterocycles. The Kier molecular flexibility index (Phi) is 4.31. The predicted octanol–water partition coefficient (Wildman–Crippen LogP) is 5.07. The summed E-state index contributed by atoms with van der Waals surface area (Å²) in [7, 11) is 0. The van der Waals surface area contributed by atoms with Crippen molar-refractivity contribution in [2.45, 2.75) is 62.2 Å². The highest BCUT2D eigenvalue weighted by atomic mass is 19.4. The lowest BCUT2D eigenvalue weighted by Crippen LogP contribution is -2.66. The van der Waals surface area contributed by atoms with Crippen molar-refractivity contribution in [3.05, 3.63) is 0 Å². The normalized spacial score (nSPS) is 35.5. The van der Waals surface area contributed by atoms with Gasteiger partial charge < -0.3 is 5.11 Å². The van der Waals surface area contributed by atoms with Crippen LogP contribution in [-0.4, -0.2) is 34.8 Å². The van der Waals surface area contributed by atoms with Crippen LogP contribution in [0.4, 0.5) is 35.1 Å². The van der Waals surface area contributed by atoms with Crippen molar-refractivity contribution in [1.82, 2.24) is 0 Å². The van der Waals surface area contributed by atoms with Gasteiger partial charge in [0.15, 0.2) is 0 Å². The summed E-state index contributed by atoms with van der Waals surface area (Å²) in [4.78, 5) is 10.3. The minimum Gasteiger partial charge on any atom is -0.477 e. The van der Waals surface area contributed by atoms with Crippen molar-refractivity contribution >= 4 is 5.97 Å². The van der Waals surface area contributed by atoms with E-state index in [1.165, 1.54) is 0 Å². The number of rotatable bonds is 5. The molecule has 0 radical (unpaired) electrons. The van der Waals surface area contributed by atoms with E-state index in [0.29, 0.717) is 12.8 Å². The predicted molar refractivity (Wildman–Crippen MR) is 72.6 cm³/mol. The summed E-state index contributed by atoms with van der Waals surface area (Å²) < 4.78 is 111. The summed E-state index contributed by atoms with van der Waals surface area (Å²) in [6.07, 6.45) is 1.82. The first-order valence-electron chi connectivity index (χ1n) is 8.46. The molecule has 4 aliphatic carbocycles. The van der Waals surface area contributed by atoms with Crippen molar-refractivity contribution in [2.75, 3.05) is 0 Å². The zero-order valence-corrected chi connectivity index (χ0v) is 13.5. The molecule has 3 atom stereocenters. The molecule has 10 heteroatoms. The Balaban J connectivity index is 1.97. The first kappa shape index (κ1) is 19.7. The molecule has 0 amide bonds. The smallest absolute Gasteiger partial charge is 0.410 e. The van der Waals surface area contributed by atoms with Gasteiger partial charge in [-0.3, -0.25) is 0 Å². The average Bonchev–Trinajstić information content (AvgIpc) is 2.70. The second kappa shape index (κ2) is 5.70. The van der Waals surface area contributed by atoms with Crippen molar-refractivity contribution in [2.24, 2.45) is 29.6 Å². The molecule has 4 fully saturated rings. The number of hydrogen-bond donors (Lipinski definition) is 1. The molecule has 1 N–H and O–H groups in total. The molecule has 2 nitrogen and oxygen atoms in total. The summed E-state index contributed by atoms with van der Waals surface area (Å²) in [5, 5.41) is 8.14. The highest BCUT2D eigenvalue weighted by Crippen LogP contribution is 2.62. The fourth-order valence-electron chi connectivity index (χ4n) is 5.33. The van der Waals surface area contributed by atoms with Gasteiger partial charge in [0.2, 0.25) is 0 Å². The molecule has 0 aromatic rings. The fraction of sp³-hybridized carbons (Fsp3) is 0.938. The van der Waals surface area contributed by atoms with E-state index in [9.17, 15) is 39.9 Å². The van der Waals surface area contributed by atoms with E-state index in [1.807, 2.05) is 0 Å². The Hall–Kier alpha value is -1.09. The number of halogens is 8. The van der Waals surface area contributed by atoms with E-state index < -0.39 is 47.9 Å². The third-order valence-corrected chi connectivity index (χ3v) is 6.37. The van der Waals surface area contributed by atoms with Gasteiger partial charge in [-0.15, -0.1) is 0 Å². The standard InChI is InChI=1S/C16H18F8O2/c17-13(18,15(21,22)16(23,24)14(19,20)12(25)26)11-6-9-2-7-1-8(3-9)5-10(11)4-7/h7-11H,1-6H2,(H,25,26)/t7?,8?,9?,10?,11-/m1/s1. The number of fused-ring (bicyclic) bond motifs is 1. The lowest BCUT2D eigenvalue weighted by atomic mass is 9.66. The van der Waals surface area contributed by atoms with Crippen LogP contribution in [-0.2, 0) is 4.79 Å². The largest absolute Gasteiger partial charge is 0.477 e. The summed E-state index contributed by atoms with van der Waals surface area (Å²) in [6.45, 7) is 0. The van der Waals surface area contributed by atoms with Gasteiger partial charge in [-0.05, 0) is 62.2 Å². The zero-order chi connectivity index (χ0) is 19.7. The van der Waals surface area contributed by atoms with Gasteiger partial charge in [-0.2, -0.15) is 35.1 Å². The van der Waals surface area contributed by atoms with Crippen LogP contribution >= 0.6 is 0 Å². The Morgan fingerprint density at radius 2 is 1.12 bits per heavy atom. The molecule has 4 saturated carbocycles. The van der Waals surface area contributed by atoms with Crippen LogP contribution in [0.5, 0.6) is 0 Å². The molecule has 4 aliphatic rings. The van der Waals surface area contributed by atoms with E-state index in [1.54, 1.807) is 0 Å². The molecule has 0 aromatic carbocycles. The molecule has 0 heterocycles. The van der Waals surface area contributed by atoms with Crippen molar-refractivity contribution < 1.29 is 45.0 Å². The van der Waals surface area contributed by atoms with Crippen LogP contribution in [0.2, 0.25) is 0 Å². The van der Waals surface area contributed by atoms with Crippen LogP contribution in [0.15, 0.2) is 0 Å². The highest BCUT2D eigenvalue weighted by molar-refractivity contribution is 5.77. The van der Waals surface area contributed by atoms with Gasteiger partial charge in [0.05, 0.1) is 0 Å². The number of carboxylic acids is 1. The second-order valence-electron chi connectivity index (χ2n) is 8.03. The quantitative estimate of drug-likeness (QED) is 0.661. The Bertz CT molecular complexity index is 577. The number of hydrogen-bond acceptors (Lipinski definition) is 1. The van der Waals surface area contributed by atoms with Gasteiger partial charge in [-0.25, -0.2) is 4.79 Å². The van der Waals surface area contributed by atoms with E-state index in [2.05, 4.69) is 0 Å². The molecule has 26 heavy (non-hydrogen) atoms. The van der Waals surface area contributed by atoms with Crippen molar-refractivity contribution in [3.8, 4) is 0 Å².